The molecule has 0 aromatic heterocycles. The molecule has 5 nitrogen and oxygen atoms in total. The van der Waals surface area contributed by atoms with Crippen LogP contribution in [0, 0.1) is 5.92 Å². The molecule has 2 amide bonds. The van der Waals surface area contributed by atoms with Gasteiger partial charge in [0.25, 0.3) is 0 Å². The Morgan fingerprint density at radius 1 is 1.16 bits per heavy atom. The molecule has 138 valence electrons. The van der Waals surface area contributed by atoms with E-state index in [0.29, 0.717) is 0 Å². The van der Waals surface area contributed by atoms with Gasteiger partial charge in [-0.05, 0) is 24.9 Å². The maximum atomic E-state index is 12.4. The van der Waals surface area contributed by atoms with Crippen molar-refractivity contribution in [2.45, 2.75) is 31.7 Å². The van der Waals surface area contributed by atoms with Crippen molar-refractivity contribution in [3.8, 4) is 0 Å². The lowest BCUT2D eigenvalue weighted by atomic mass is 9.83. The van der Waals surface area contributed by atoms with Gasteiger partial charge in [-0.2, -0.15) is 0 Å². The fraction of sp³-hybridized carbons (Fsp3) is 0.650. The third-order valence-corrected chi connectivity index (χ3v) is 5.61. The van der Waals surface area contributed by atoms with Gasteiger partial charge in [-0.1, -0.05) is 49.6 Å². The van der Waals surface area contributed by atoms with Crippen molar-refractivity contribution in [2.75, 3.05) is 46.3 Å². The van der Waals surface area contributed by atoms with Crippen LogP contribution >= 0.6 is 0 Å². The highest BCUT2D eigenvalue weighted by atomic mass is 16.2. The van der Waals surface area contributed by atoms with Crippen LogP contribution in [0.4, 0.5) is 4.79 Å². The number of rotatable bonds is 7. The highest BCUT2D eigenvalue weighted by molar-refractivity contribution is 5.74. The van der Waals surface area contributed by atoms with Gasteiger partial charge in [0.2, 0.25) is 0 Å². The molecule has 0 spiro atoms. The second kappa shape index (κ2) is 9.20. The molecule has 5 heteroatoms. The molecule has 2 aliphatic rings. The van der Waals surface area contributed by atoms with Crippen LogP contribution < -0.4 is 10.6 Å². The number of hydrogen-bond donors (Lipinski definition) is 2. The van der Waals surface area contributed by atoms with Crippen LogP contribution in [0.1, 0.15) is 37.3 Å². The number of hydrogen-bond acceptors (Lipinski definition) is 3. The van der Waals surface area contributed by atoms with Crippen LogP contribution in [0.15, 0.2) is 30.3 Å². The number of piperazine rings is 1. The summed E-state index contributed by atoms with van der Waals surface area (Å²) >= 11 is 0. The summed E-state index contributed by atoms with van der Waals surface area (Å²) in [6, 6.07) is 10.3. The highest BCUT2D eigenvalue weighted by Crippen LogP contribution is 2.28. The molecule has 0 bridgehead atoms. The van der Waals surface area contributed by atoms with Crippen molar-refractivity contribution in [2.24, 2.45) is 5.92 Å². The van der Waals surface area contributed by atoms with E-state index in [9.17, 15) is 4.79 Å². The second-order valence-electron chi connectivity index (χ2n) is 7.55. The highest BCUT2D eigenvalue weighted by Gasteiger charge is 2.21. The second-order valence-corrected chi connectivity index (χ2v) is 7.55. The van der Waals surface area contributed by atoms with Crippen molar-refractivity contribution in [3.63, 3.8) is 0 Å². The summed E-state index contributed by atoms with van der Waals surface area (Å²) in [5.41, 5.74) is 1.18. The molecule has 1 heterocycles. The molecule has 1 aromatic carbocycles. The van der Waals surface area contributed by atoms with Crippen LogP contribution in [-0.2, 0) is 0 Å². The topological polar surface area (TPSA) is 47.6 Å². The molecule has 2 N–H and O–H groups in total. The predicted molar refractivity (Wildman–Crippen MR) is 102 cm³/mol. The Bertz CT molecular complexity index is 524. The molecule has 1 saturated carbocycles. The van der Waals surface area contributed by atoms with E-state index in [1.54, 1.807) is 0 Å². The zero-order chi connectivity index (χ0) is 17.5. The summed E-state index contributed by atoms with van der Waals surface area (Å²) in [6.45, 7) is 5.96. The molecule has 1 saturated heterocycles. The van der Waals surface area contributed by atoms with Gasteiger partial charge in [0.15, 0.2) is 0 Å². The van der Waals surface area contributed by atoms with Crippen molar-refractivity contribution >= 4 is 6.03 Å². The minimum Gasteiger partial charge on any atom is -0.338 e. The van der Waals surface area contributed by atoms with Crippen LogP contribution in [0.3, 0.4) is 0 Å². The molecular weight excluding hydrogens is 312 g/mol. The van der Waals surface area contributed by atoms with Gasteiger partial charge in [-0.25, -0.2) is 4.79 Å². The van der Waals surface area contributed by atoms with E-state index in [-0.39, 0.29) is 12.1 Å². The fourth-order valence-corrected chi connectivity index (χ4v) is 3.59. The molecular formula is C20H32N4O. The summed E-state index contributed by atoms with van der Waals surface area (Å²) in [5, 5.41) is 6.25. The van der Waals surface area contributed by atoms with Crippen molar-refractivity contribution in [1.29, 1.82) is 0 Å². The van der Waals surface area contributed by atoms with Crippen molar-refractivity contribution < 1.29 is 4.79 Å². The first-order valence-electron chi connectivity index (χ1n) is 9.71. The first-order valence-corrected chi connectivity index (χ1v) is 9.71. The lowest BCUT2D eigenvalue weighted by Crippen LogP contribution is -2.49. The number of carbonyl (C=O) groups is 1. The van der Waals surface area contributed by atoms with E-state index in [1.165, 1.54) is 24.8 Å². The van der Waals surface area contributed by atoms with E-state index in [1.807, 2.05) is 18.2 Å². The molecule has 0 radical (unpaired) electrons. The quantitative estimate of drug-likeness (QED) is 0.799. The zero-order valence-corrected chi connectivity index (χ0v) is 15.4. The maximum absolute atomic E-state index is 12.4. The molecule has 25 heavy (non-hydrogen) atoms. The summed E-state index contributed by atoms with van der Waals surface area (Å²) in [7, 11) is 2.17. The number of nitrogens with zero attached hydrogens (tertiary/aromatic N) is 2. The van der Waals surface area contributed by atoms with Crippen LogP contribution in [-0.4, -0.2) is 62.1 Å². The summed E-state index contributed by atoms with van der Waals surface area (Å²) in [4.78, 5) is 17.2. The van der Waals surface area contributed by atoms with Crippen LogP contribution in [0.25, 0.3) is 0 Å². The normalized spacial score (nSPS) is 20.7. The number of amides is 2. The van der Waals surface area contributed by atoms with E-state index < -0.39 is 0 Å². The minimum absolute atomic E-state index is 0.0355. The largest absolute Gasteiger partial charge is 0.338 e. The van der Waals surface area contributed by atoms with E-state index in [2.05, 4.69) is 39.6 Å². The Kier molecular flexibility index (Phi) is 6.70. The summed E-state index contributed by atoms with van der Waals surface area (Å²) < 4.78 is 0. The monoisotopic (exact) mass is 344 g/mol. The molecule has 2 fully saturated rings. The Hall–Kier alpha value is -1.59. The number of nitrogens with one attached hydrogen (secondary N) is 2. The average molecular weight is 345 g/mol. The minimum atomic E-state index is -0.0395. The van der Waals surface area contributed by atoms with Crippen molar-refractivity contribution in [3.05, 3.63) is 35.9 Å². The Morgan fingerprint density at radius 3 is 2.52 bits per heavy atom. The molecule has 1 aliphatic heterocycles. The van der Waals surface area contributed by atoms with Gasteiger partial charge in [0.05, 0.1) is 6.04 Å². The lowest BCUT2D eigenvalue weighted by Gasteiger charge is -2.35. The Balaban J connectivity index is 1.51. The molecule has 1 atom stereocenters. The molecule has 1 aromatic rings. The third kappa shape index (κ3) is 5.72. The average Bonchev–Trinajstić information content (AvgIpc) is 2.59. The summed E-state index contributed by atoms with van der Waals surface area (Å²) in [6.07, 6.45) is 5.14. The van der Waals surface area contributed by atoms with E-state index in [4.69, 9.17) is 0 Å². The lowest BCUT2D eigenvalue weighted by molar-refractivity contribution is 0.142. The zero-order valence-electron chi connectivity index (χ0n) is 15.4. The summed E-state index contributed by atoms with van der Waals surface area (Å²) in [5.74, 6) is 0.829. The number of benzene rings is 1. The first kappa shape index (κ1) is 18.2. The third-order valence-electron chi connectivity index (χ3n) is 5.61. The first-order chi connectivity index (χ1) is 12.2. The van der Waals surface area contributed by atoms with Crippen molar-refractivity contribution in [1.82, 2.24) is 20.4 Å². The molecule has 3 rings (SSSR count). The molecule has 1 unspecified atom stereocenters. The van der Waals surface area contributed by atoms with E-state index >= 15 is 0 Å². The van der Waals surface area contributed by atoms with E-state index in [0.717, 1.165) is 51.6 Å². The Labute approximate surface area is 151 Å². The van der Waals surface area contributed by atoms with Crippen LogP contribution in [0.2, 0.25) is 0 Å². The maximum Gasteiger partial charge on any atom is 0.315 e. The van der Waals surface area contributed by atoms with Gasteiger partial charge in [0.1, 0.15) is 0 Å². The van der Waals surface area contributed by atoms with Crippen LogP contribution in [0.5, 0.6) is 0 Å². The number of urea groups is 1. The standard InChI is InChI=1S/C20H32N4O/c1-23-12-14-24(15-13-23)16-19(18-8-3-2-4-9-18)22-20(25)21-11-10-17-6-5-7-17/h2-4,8-9,17,19H,5-7,10-16H2,1H3,(H2,21,22,25). The predicted octanol–water partition coefficient (Wildman–Crippen LogP) is 2.46. The SMILES string of the molecule is CN1CCN(CC(NC(=O)NCCC2CCC2)c2ccccc2)CC1. The number of carbonyl (C=O) groups excluding carboxylic acids is 1. The van der Waals surface area contributed by atoms with Gasteiger partial charge in [-0.3, -0.25) is 4.90 Å². The molecule has 1 aliphatic carbocycles. The van der Waals surface area contributed by atoms with Gasteiger partial charge >= 0.3 is 6.03 Å². The fourth-order valence-electron chi connectivity index (χ4n) is 3.59. The van der Waals surface area contributed by atoms with Gasteiger partial charge in [0, 0.05) is 39.3 Å². The van der Waals surface area contributed by atoms with Gasteiger partial charge in [-0.15, -0.1) is 0 Å². The smallest absolute Gasteiger partial charge is 0.315 e. The number of likely N-dealkylation sites (N-methyl/N-ethyl adjacent to an activating group) is 1. The van der Waals surface area contributed by atoms with Gasteiger partial charge < -0.3 is 15.5 Å². The Morgan fingerprint density at radius 2 is 1.88 bits per heavy atom.